The molecule has 0 saturated carbocycles. The summed E-state index contributed by atoms with van der Waals surface area (Å²) in [4.78, 5) is 24.6. The summed E-state index contributed by atoms with van der Waals surface area (Å²) in [6.45, 7) is 2.09. The number of carbonyl (C=O) groups excluding carboxylic acids is 1. The largest absolute Gasteiger partial charge is 0.333 e. The molecule has 0 radical (unpaired) electrons. The minimum Gasteiger partial charge on any atom is -0.333 e. The van der Waals surface area contributed by atoms with Crippen molar-refractivity contribution >= 4 is 22.6 Å². The van der Waals surface area contributed by atoms with Crippen molar-refractivity contribution in [3.63, 3.8) is 0 Å². The standard InChI is InChI=1S/C18H18FN5O2/c1-2-13(20-18(26)21-14-9-7-12(19)8-10-14)11-24-17(25)15-5-3-4-6-16(15)22-23-24/h3-10,13H,2,11H2,1H3,(H2,20,21,26)/t13-/m1/s1. The van der Waals surface area contributed by atoms with Crippen molar-refractivity contribution < 1.29 is 9.18 Å². The second kappa shape index (κ2) is 7.73. The smallest absolute Gasteiger partial charge is 0.319 e. The van der Waals surface area contributed by atoms with E-state index in [9.17, 15) is 14.0 Å². The summed E-state index contributed by atoms with van der Waals surface area (Å²) in [5.41, 5.74) is 0.750. The minimum atomic E-state index is -0.440. The summed E-state index contributed by atoms with van der Waals surface area (Å²) in [6.07, 6.45) is 0.595. The summed E-state index contributed by atoms with van der Waals surface area (Å²) in [5.74, 6) is -0.378. The van der Waals surface area contributed by atoms with Crippen LogP contribution in [-0.2, 0) is 6.54 Å². The molecule has 8 heteroatoms. The van der Waals surface area contributed by atoms with Crippen LogP contribution in [0.5, 0.6) is 0 Å². The number of aromatic nitrogens is 3. The fraction of sp³-hybridized carbons (Fsp3) is 0.222. The Bertz CT molecular complexity index is 971. The van der Waals surface area contributed by atoms with Crippen molar-refractivity contribution in [2.75, 3.05) is 5.32 Å². The fourth-order valence-corrected chi connectivity index (χ4v) is 2.51. The number of halogens is 1. The van der Waals surface area contributed by atoms with Gasteiger partial charge in [0, 0.05) is 5.69 Å². The Kier molecular flexibility index (Phi) is 5.21. The second-order valence-corrected chi connectivity index (χ2v) is 5.80. The number of fused-ring (bicyclic) bond motifs is 1. The van der Waals surface area contributed by atoms with Crippen molar-refractivity contribution in [1.82, 2.24) is 20.3 Å². The first kappa shape index (κ1) is 17.5. The Labute approximate surface area is 148 Å². The number of hydrogen-bond acceptors (Lipinski definition) is 4. The van der Waals surface area contributed by atoms with Crippen molar-refractivity contribution in [2.24, 2.45) is 0 Å². The van der Waals surface area contributed by atoms with Gasteiger partial charge >= 0.3 is 6.03 Å². The fourth-order valence-electron chi connectivity index (χ4n) is 2.51. The highest BCUT2D eigenvalue weighted by Gasteiger charge is 2.14. The van der Waals surface area contributed by atoms with Crippen LogP contribution in [0.1, 0.15) is 13.3 Å². The van der Waals surface area contributed by atoms with Gasteiger partial charge in [-0.15, -0.1) is 5.10 Å². The molecule has 0 spiro atoms. The van der Waals surface area contributed by atoms with E-state index in [0.29, 0.717) is 23.0 Å². The molecule has 7 nitrogen and oxygen atoms in total. The molecule has 0 unspecified atom stereocenters. The van der Waals surface area contributed by atoms with Gasteiger partial charge in [-0.3, -0.25) is 4.79 Å². The van der Waals surface area contributed by atoms with E-state index in [4.69, 9.17) is 0 Å². The van der Waals surface area contributed by atoms with E-state index in [2.05, 4.69) is 20.9 Å². The monoisotopic (exact) mass is 355 g/mol. The normalized spacial score (nSPS) is 11.9. The number of rotatable bonds is 5. The Morgan fingerprint density at radius 3 is 2.65 bits per heavy atom. The molecule has 0 aliphatic heterocycles. The van der Waals surface area contributed by atoms with Crippen molar-refractivity contribution in [3.8, 4) is 0 Å². The summed E-state index contributed by atoms with van der Waals surface area (Å²) in [7, 11) is 0. The van der Waals surface area contributed by atoms with E-state index < -0.39 is 6.03 Å². The minimum absolute atomic E-state index is 0.198. The molecular formula is C18H18FN5O2. The molecule has 0 aliphatic carbocycles. The molecule has 2 aromatic carbocycles. The highest BCUT2D eigenvalue weighted by molar-refractivity contribution is 5.89. The molecule has 1 heterocycles. The zero-order valence-corrected chi connectivity index (χ0v) is 14.1. The van der Waals surface area contributed by atoms with E-state index in [1.54, 1.807) is 24.3 Å². The lowest BCUT2D eigenvalue weighted by Crippen LogP contribution is -2.42. The number of nitrogens with zero attached hydrogens (tertiary/aromatic N) is 3. The predicted octanol–water partition coefficient (Wildman–Crippen LogP) is 2.53. The Morgan fingerprint density at radius 2 is 1.92 bits per heavy atom. The maximum absolute atomic E-state index is 12.9. The number of anilines is 1. The van der Waals surface area contributed by atoms with Crippen LogP contribution in [0, 0.1) is 5.82 Å². The number of amides is 2. The number of benzene rings is 2. The topological polar surface area (TPSA) is 88.9 Å². The highest BCUT2D eigenvalue weighted by Crippen LogP contribution is 2.08. The molecule has 2 amide bonds. The van der Waals surface area contributed by atoms with Crippen LogP contribution in [-0.4, -0.2) is 27.1 Å². The molecule has 0 saturated heterocycles. The van der Waals surface area contributed by atoms with Gasteiger partial charge in [-0.2, -0.15) is 0 Å². The summed E-state index contributed by atoms with van der Waals surface area (Å²) < 4.78 is 14.2. The average molecular weight is 355 g/mol. The number of urea groups is 1. The first-order valence-corrected chi connectivity index (χ1v) is 8.22. The van der Waals surface area contributed by atoms with E-state index in [1.807, 2.05) is 6.92 Å². The van der Waals surface area contributed by atoms with E-state index in [1.165, 1.54) is 28.9 Å². The maximum atomic E-state index is 12.9. The van der Waals surface area contributed by atoms with Crippen LogP contribution >= 0.6 is 0 Å². The third kappa shape index (κ3) is 4.02. The molecule has 3 aromatic rings. The van der Waals surface area contributed by atoms with E-state index >= 15 is 0 Å². The van der Waals surface area contributed by atoms with Crippen LogP contribution in [0.3, 0.4) is 0 Å². The van der Waals surface area contributed by atoms with E-state index in [0.717, 1.165) is 0 Å². The van der Waals surface area contributed by atoms with Gasteiger partial charge in [0.1, 0.15) is 11.3 Å². The molecular weight excluding hydrogens is 337 g/mol. The summed E-state index contributed by atoms with van der Waals surface area (Å²) >= 11 is 0. The van der Waals surface area contributed by atoms with Gasteiger partial charge in [0.25, 0.3) is 5.56 Å². The van der Waals surface area contributed by atoms with Crippen molar-refractivity contribution in [2.45, 2.75) is 25.9 Å². The molecule has 1 atom stereocenters. The maximum Gasteiger partial charge on any atom is 0.319 e. The number of carbonyl (C=O) groups is 1. The van der Waals surface area contributed by atoms with Gasteiger partial charge < -0.3 is 10.6 Å². The lowest BCUT2D eigenvalue weighted by Gasteiger charge is -2.18. The third-order valence-corrected chi connectivity index (χ3v) is 3.95. The Morgan fingerprint density at radius 1 is 1.19 bits per heavy atom. The second-order valence-electron chi connectivity index (χ2n) is 5.80. The highest BCUT2D eigenvalue weighted by atomic mass is 19.1. The van der Waals surface area contributed by atoms with Gasteiger partial charge in [-0.05, 0) is 42.8 Å². The Balaban J connectivity index is 1.69. The van der Waals surface area contributed by atoms with Crippen molar-refractivity contribution in [1.29, 1.82) is 0 Å². The van der Waals surface area contributed by atoms with Gasteiger partial charge in [0.05, 0.1) is 18.0 Å². The van der Waals surface area contributed by atoms with Gasteiger partial charge in [-0.1, -0.05) is 24.3 Å². The first-order chi connectivity index (χ1) is 12.6. The number of hydrogen-bond donors (Lipinski definition) is 2. The SMILES string of the molecule is CC[C@H](Cn1nnc2ccccc2c1=O)NC(=O)Nc1ccc(F)cc1. The lowest BCUT2D eigenvalue weighted by molar-refractivity contribution is 0.245. The van der Waals surface area contributed by atoms with Crippen molar-refractivity contribution in [3.05, 3.63) is 64.7 Å². The Hall–Kier alpha value is -3.29. The van der Waals surface area contributed by atoms with Crippen LogP contribution in [0.25, 0.3) is 10.9 Å². The van der Waals surface area contributed by atoms with Crippen LogP contribution in [0.2, 0.25) is 0 Å². The lowest BCUT2D eigenvalue weighted by atomic mass is 10.2. The van der Waals surface area contributed by atoms with Crippen LogP contribution in [0.15, 0.2) is 53.3 Å². The summed E-state index contributed by atoms with van der Waals surface area (Å²) in [5, 5.41) is 13.9. The molecule has 0 fully saturated rings. The van der Waals surface area contributed by atoms with Crippen LogP contribution < -0.4 is 16.2 Å². The zero-order valence-electron chi connectivity index (χ0n) is 14.1. The number of nitrogens with one attached hydrogen (secondary N) is 2. The molecule has 2 N–H and O–H groups in total. The molecule has 0 bridgehead atoms. The molecule has 3 rings (SSSR count). The third-order valence-electron chi connectivity index (χ3n) is 3.95. The van der Waals surface area contributed by atoms with Gasteiger partial charge in [0.15, 0.2) is 0 Å². The van der Waals surface area contributed by atoms with Crippen LogP contribution in [0.4, 0.5) is 14.9 Å². The predicted molar refractivity (Wildman–Crippen MR) is 96.4 cm³/mol. The molecule has 26 heavy (non-hydrogen) atoms. The zero-order chi connectivity index (χ0) is 18.5. The van der Waals surface area contributed by atoms with Gasteiger partial charge in [-0.25, -0.2) is 13.9 Å². The summed E-state index contributed by atoms with van der Waals surface area (Å²) in [6, 6.07) is 11.7. The molecule has 134 valence electrons. The molecule has 0 aliphatic rings. The first-order valence-electron chi connectivity index (χ1n) is 8.22. The van der Waals surface area contributed by atoms with E-state index in [-0.39, 0.29) is 24.0 Å². The average Bonchev–Trinajstić information content (AvgIpc) is 2.65. The molecule has 1 aromatic heterocycles. The quantitative estimate of drug-likeness (QED) is 0.736. The van der Waals surface area contributed by atoms with Gasteiger partial charge in [0.2, 0.25) is 0 Å².